The maximum absolute atomic E-state index is 12.8. The van der Waals surface area contributed by atoms with E-state index in [1.54, 1.807) is 37.4 Å². The molecule has 1 atom stereocenters. The highest BCUT2D eigenvalue weighted by atomic mass is 79.9. The quantitative estimate of drug-likeness (QED) is 0.145. The van der Waals surface area contributed by atoms with Crippen LogP contribution in [0.5, 0.6) is 5.75 Å². The number of carbonyl (C=O) groups is 1. The Kier molecular flexibility index (Phi) is 9.24. The summed E-state index contributed by atoms with van der Waals surface area (Å²) in [5, 5.41) is 14.4. The Bertz CT molecular complexity index is 1310. The molecule has 0 aliphatic carbocycles. The number of esters is 1. The number of benzene rings is 2. The standard InChI is InChI=1S/C26H28BrN3O6/c1-17(15-28-22-14-19(27)10-11-23(22)30(33)34)7-6-12-36-24-9-5-4-8-20(24)21-13-18(26(32)35-3)16-29(2)25(21)31/h4-5,8-11,13-14,16-17,28H,6-7,12,15H2,1-3H3/t17-/m1/s1. The summed E-state index contributed by atoms with van der Waals surface area (Å²) in [5.74, 6) is 0.264. The minimum atomic E-state index is -0.527. The van der Waals surface area contributed by atoms with Crippen molar-refractivity contribution in [2.45, 2.75) is 19.8 Å². The molecule has 0 fully saturated rings. The predicted molar refractivity (Wildman–Crippen MR) is 142 cm³/mol. The van der Waals surface area contributed by atoms with Gasteiger partial charge in [-0.1, -0.05) is 41.1 Å². The number of hydrogen-bond acceptors (Lipinski definition) is 7. The zero-order valence-corrected chi connectivity index (χ0v) is 21.9. The number of nitrogens with one attached hydrogen (secondary N) is 1. The van der Waals surface area contributed by atoms with Gasteiger partial charge in [-0.25, -0.2) is 4.79 Å². The Morgan fingerprint density at radius 2 is 1.94 bits per heavy atom. The Hall–Kier alpha value is -3.66. The first kappa shape index (κ1) is 26.9. The van der Waals surface area contributed by atoms with Crippen LogP contribution in [0, 0.1) is 16.0 Å². The Labute approximate surface area is 217 Å². The number of pyridine rings is 1. The SMILES string of the molecule is COC(=O)c1cc(-c2ccccc2OCCC[C@@H](C)CNc2cc(Br)ccc2[N+](=O)[O-])c(=O)n(C)c1. The van der Waals surface area contributed by atoms with Crippen molar-refractivity contribution < 1.29 is 19.2 Å². The molecule has 0 aliphatic heterocycles. The van der Waals surface area contributed by atoms with Gasteiger partial charge in [0.05, 0.1) is 29.8 Å². The molecule has 3 aromatic rings. The molecule has 190 valence electrons. The average Bonchev–Trinajstić information content (AvgIpc) is 2.86. The molecule has 9 nitrogen and oxygen atoms in total. The van der Waals surface area contributed by atoms with E-state index in [9.17, 15) is 19.7 Å². The number of nitro benzene ring substituents is 1. The number of ether oxygens (including phenoxy) is 2. The zero-order valence-electron chi connectivity index (χ0n) is 20.3. The van der Waals surface area contributed by atoms with E-state index in [-0.39, 0.29) is 22.7 Å². The minimum absolute atomic E-state index is 0.0350. The first-order valence-electron chi connectivity index (χ1n) is 11.4. The summed E-state index contributed by atoms with van der Waals surface area (Å²) in [6.45, 7) is 3.06. The van der Waals surface area contributed by atoms with Crippen molar-refractivity contribution in [3.8, 4) is 16.9 Å². The van der Waals surface area contributed by atoms with Gasteiger partial charge in [-0.15, -0.1) is 0 Å². The summed E-state index contributed by atoms with van der Waals surface area (Å²) < 4.78 is 12.9. The highest BCUT2D eigenvalue weighted by molar-refractivity contribution is 9.10. The number of carbonyl (C=O) groups excluding carboxylic acids is 1. The van der Waals surface area contributed by atoms with Crippen LogP contribution in [0.15, 0.2) is 64.0 Å². The van der Waals surface area contributed by atoms with Gasteiger partial charge >= 0.3 is 5.97 Å². The van der Waals surface area contributed by atoms with Gasteiger partial charge in [0, 0.05) is 35.9 Å². The summed E-state index contributed by atoms with van der Waals surface area (Å²) in [5.41, 5.74) is 1.48. The first-order valence-corrected chi connectivity index (χ1v) is 12.2. The lowest BCUT2D eigenvalue weighted by Crippen LogP contribution is -2.20. The van der Waals surface area contributed by atoms with Crippen LogP contribution in [0.25, 0.3) is 11.1 Å². The smallest absolute Gasteiger partial charge is 0.339 e. The number of anilines is 1. The second-order valence-corrected chi connectivity index (χ2v) is 9.36. The second-order valence-electron chi connectivity index (χ2n) is 8.44. The van der Waals surface area contributed by atoms with Crippen molar-refractivity contribution >= 4 is 33.3 Å². The Morgan fingerprint density at radius 3 is 2.67 bits per heavy atom. The van der Waals surface area contributed by atoms with E-state index < -0.39 is 10.9 Å². The van der Waals surface area contributed by atoms with E-state index in [1.165, 1.54) is 30.0 Å². The molecule has 0 radical (unpaired) electrons. The van der Waals surface area contributed by atoms with Crippen molar-refractivity contribution in [2.24, 2.45) is 13.0 Å². The van der Waals surface area contributed by atoms with Crippen LogP contribution in [0.2, 0.25) is 0 Å². The van der Waals surface area contributed by atoms with Crippen LogP contribution in [-0.2, 0) is 11.8 Å². The average molecular weight is 558 g/mol. The largest absolute Gasteiger partial charge is 0.493 e. The predicted octanol–water partition coefficient (Wildman–Crippen LogP) is 5.42. The number of para-hydroxylation sites is 1. The van der Waals surface area contributed by atoms with E-state index in [0.717, 1.165) is 17.3 Å². The third kappa shape index (κ3) is 6.72. The summed E-state index contributed by atoms with van der Waals surface area (Å²) in [6.07, 6.45) is 3.02. The van der Waals surface area contributed by atoms with Gasteiger partial charge in [0.1, 0.15) is 11.4 Å². The molecule has 0 unspecified atom stereocenters. The van der Waals surface area contributed by atoms with Crippen molar-refractivity contribution in [3.05, 3.63) is 85.2 Å². The molecule has 36 heavy (non-hydrogen) atoms. The normalized spacial score (nSPS) is 11.6. The molecular weight excluding hydrogens is 530 g/mol. The fourth-order valence-electron chi connectivity index (χ4n) is 3.76. The van der Waals surface area contributed by atoms with Gasteiger partial charge in [0.2, 0.25) is 0 Å². The van der Waals surface area contributed by atoms with Crippen LogP contribution >= 0.6 is 15.9 Å². The fourth-order valence-corrected chi connectivity index (χ4v) is 4.12. The number of aryl methyl sites for hydroxylation is 1. The third-order valence-electron chi connectivity index (χ3n) is 5.68. The van der Waals surface area contributed by atoms with E-state index in [4.69, 9.17) is 9.47 Å². The Balaban J connectivity index is 1.61. The first-order chi connectivity index (χ1) is 17.2. The van der Waals surface area contributed by atoms with E-state index >= 15 is 0 Å². The van der Waals surface area contributed by atoms with Crippen LogP contribution in [0.3, 0.4) is 0 Å². The maximum Gasteiger partial charge on any atom is 0.339 e. The highest BCUT2D eigenvalue weighted by Crippen LogP contribution is 2.30. The van der Waals surface area contributed by atoms with Crippen LogP contribution < -0.4 is 15.6 Å². The summed E-state index contributed by atoms with van der Waals surface area (Å²) >= 11 is 3.35. The fraction of sp³-hybridized carbons (Fsp3) is 0.308. The van der Waals surface area contributed by atoms with Crippen LogP contribution in [-0.4, -0.2) is 35.7 Å². The molecule has 10 heteroatoms. The molecule has 0 spiro atoms. The second kappa shape index (κ2) is 12.3. The lowest BCUT2D eigenvalue weighted by atomic mass is 10.0. The number of rotatable bonds is 11. The molecule has 1 heterocycles. The van der Waals surface area contributed by atoms with Gasteiger partial charge in [-0.3, -0.25) is 14.9 Å². The molecule has 1 aromatic heterocycles. The van der Waals surface area contributed by atoms with Gasteiger partial charge in [-0.2, -0.15) is 0 Å². The van der Waals surface area contributed by atoms with Crippen LogP contribution in [0.1, 0.15) is 30.1 Å². The molecule has 1 N–H and O–H groups in total. The number of hydrogen-bond donors (Lipinski definition) is 1. The van der Waals surface area contributed by atoms with Gasteiger partial charge in [-0.05, 0) is 43.0 Å². The zero-order chi connectivity index (χ0) is 26.2. The minimum Gasteiger partial charge on any atom is -0.493 e. The number of halogens is 1. The topological polar surface area (TPSA) is 113 Å². The lowest BCUT2D eigenvalue weighted by Gasteiger charge is -2.15. The third-order valence-corrected chi connectivity index (χ3v) is 6.17. The number of methoxy groups -OCH3 is 1. The maximum atomic E-state index is 12.8. The van der Waals surface area contributed by atoms with Crippen LogP contribution in [0.4, 0.5) is 11.4 Å². The number of nitro groups is 1. The molecule has 0 bridgehead atoms. The molecule has 0 aliphatic rings. The summed E-state index contributed by atoms with van der Waals surface area (Å²) in [7, 11) is 2.88. The molecule has 0 amide bonds. The molecule has 0 saturated heterocycles. The van der Waals surface area contributed by atoms with Gasteiger partial charge in [0.15, 0.2) is 0 Å². The number of nitrogens with zero attached hydrogens (tertiary/aromatic N) is 2. The molecule has 3 rings (SSSR count). The van der Waals surface area contributed by atoms with E-state index in [1.807, 2.05) is 6.07 Å². The van der Waals surface area contributed by atoms with E-state index in [0.29, 0.717) is 35.7 Å². The van der Waals surface area contributed by atoms with Gasteiger partial charge in [0.25, 0.3) is 11.2 Å². The highest BCUT2D eigenvalue weighted by Gasteiger charge is 2.17. The molecular formula is C26H28BrN3O6. The van der Waals surface area contributed by atoms with Crippen molar-refractivity contribution in [1.29, 1.82) is 0 Å². The van der Waals surface area contributed by atoms with Crippen molar-refractivity contribution in [3.63, 3.8) is 0 Å². The summed E-state index contributed by atoms with van der Waals surface area (Å²) in [4.78, 5) is 35.7. The molecule has 0 saturated carbocycles. The molecule has 2 aromatic carbocycles. The van der Waals surface area contributed by atoms with E-state index in [2.05, 4.69) is 28.2 Å². The summed E-state index contributed by atoms with van der Waals surface area (Å²) in [6, 6.07) is 13.5. The Morgan fingerprint density at radius 1 is 1.19 bits per heavy atom. The van der Waals surface area contributed by atoms with Crippen molar-refractivity contribution in [1.82, 2.24) is 4.57 Å². The van der Waals surface area contributed by atoms with Gasteiger partial charge < -0.3 is 19.4 Å². The monoisotopic (exact) mass is 557 g/mol. The van der Waals surface area contributed by atoms with Crippen molar-refractivity contribution in [2.75, 3.05) is 25.6 Å². The lowest BCUT2D eigenvalue weighted by molar-refractivity contribution is -0.384. The number of aromatic nitrogens is 1.